The quantitative estimate of drug-likeness (QED) is 0.315. The SMILES string of the molecule is CCCNC(=O)c1cccc(CN=C(NCC)NC2CC3CCC2O3)c1.I. The van der Waals surface area contributed by atoms with Crippen molar-refractivity contribution in [2.45, 2.75) is 64.3 Å². The summed E-state index contributed by atoms with van der Waals surface area (Å²) in [6, 6.07) is 8.02. The van der Waals surface area contributed by atoms with E-state index in [0.717, 1.165) is 37.3 Å². The number of nitrogens with one attached hydrogen (secondary N) is 3. The Labute approximate surface area is 178 Å². The summed E-state index contributed by atoms with van der Waals surface area (Å²) >= 11 is 0. The number of fused-ring (bicyclic) bond motifs is 2. The molecule has 2 fully saturated rings. The van der Waals surface area contributed by atoms with Crippen LogP contribution in [0.1, 0.15) is 55.5 Å². The van der Waals surface area contributed by atoms with Gasteiger partial charge in [0.2, 0.25) is 0 Å². The van der Waals surface area contributed by atoms with E-state index in [2.05, 4.69) is 22.9 Å². The molecule has 0 spiro atoms. The lowest BCUT2D eigenvalue weighted by molar-refractivity contribution is 0.0953. The minimum atomic E-state index is -0.0261. The number of ether oxygens (including phenoxy) is 1. The molecule has 3 unspecified atom stereocenters. The van der Waals surface area contributed by atoms with Gasteiger partial charge in [0.25, 0.3) is 5.91 Å². The van der Waals surface area contributed by atoms with Crippen molar-refractivity contribution in [2.75, 3.05) is 13.1 Å². The van der Waals surface area contributed by atoms with E-state index in [0.29, 0.717) is 36.9 Å². The fraction of sp³-hybridized carbons (Fsp3) is 0.600. The Morgan fingerprint density at radius 2 is 2.11 bits per heavy atom. The van der Waals surface area contributed by atoms with Gasteiger partial charge in [-0.2, -0.15) is 0 Å². The molecule has 0 radical (unpaired) electrons. The summed E-state index contributed by atoms with van der Waals surface area (Å²) in [6.07, 6.45) is 5.04. The van der Waals surface area contributed by atoms with Crippen LogP contribution in [0.3, 0.4) is 0 Å². The molecular formula is C20H31IN4O2. The Hall–Kier alpha value is -1.35. The van der Waals surface area contributed by atoms with Gasteiger partial charge in [-0.25, -0.2) is 4.99 Å². The second kappa shape index (κ2) is 10.8. The van der Waals surface area contributed by atoms with Crippen molar-refractivity contribution < 1.29 is 9.53 Å². The third-order valence-corrected chi connectivity index (χ3v) is 4.92. The summed E-state index contributed by atoms with van der Waals surface area (Å²) in [6.45, 7) is 6.15. The summed E-state index contributed by atoms with van der Waals surface area (Å²) in [5, 5.41) is 9.74. The van der Waals surface area contributed by atoms with Gasteiger partial charge in [0.1, 0.15) is 0 Å². The summed E-state index contributed by atoms with van der Waals surface area (Å²) in [5.41, 5.74) is 1.71. The zero-order chi connectivity index (χ0) is 18.4. The van der Waals surface area contributed by atoms with Crippen LogP contribution in [0.2, 0.25) is 0 Å². The molecule has 3 rings (SSSR count). The van der Waals surface area contributed by atoms with E-state index < -0.39 is 0 Å². The maximum atomic E-state index is 12.1. The third-order valence-electron chi connectivity index (χ3n) is 4.92. The number of hydrogen-bond donors (Lipinski definition) is 3. The predicted octanol–water partition coefficient (Wildman–Crippen LogP) is 2.82. The first-order valence-corrected chi connectivity index (χ1v) is 9.77. The van der Waals surface area contributed by atoms with E-state index in [-0.39, 0.29) is 29.9 Å². The normalized spacial score (nSPS) is 23.6. The molecule has 150 valence electrons. The van der Waals surface area contributed by atoms with Gasteiger partial charge < -0.3 is 20.7 Å². The highest BCUT2D eigenvalue weighted by Crippen LogP contribution is 2.34. The number of benzene rings is 1. The van der Waals surface area contributed by atoms with Crippen LogP contribution in [0.5, 0.6) is 0 Å². The molecular weight excluding hydrogens is 455 g/mol. The van der Waals surface area contributed by atoms with Gasteiger partial charge in [0, 0.05) is 18.7 Å². The number of rotatable bonds is 7. The van der Waals surface area contributed by atoms with E-state index >= 15 is 0 Å². The summed E-state index contributed by atoms with van der Waals surface area (Å²) in [4.78, 5) is 16.8. The summed E-state index contributed by atoms with van der Waals surface area (Å²) < 4.78 is 5.91. The minimum absolute atomic E-state index is 0. The minimum Gasteiger partial charge on any atom is -0.373 e. The van der Waals surface area contributed by atoms with Crippen molar-refractivity contribution in [1.29, 1.82) is 0 Å². The maximum absolute atomic E-state index is 12.1. The lowest BCUT2D eigenvalue weighted by Gasteiger charge is -2.22. The predicted molar refractivity (Wildman–Crippen MR) is 119 cm³/mol. The van der Waals surface area contributed by atoms with Crippen LogP contribution in [-0.2, 0) is 11.3 Å². The number of carbonyl (C=O) groups excluding carboxylic acids is 1. The second-order valence-electron chi connectivity index (χ2n) is 7.01. The van der Waals surface area contributed by atoms with Crippen molar-refractivity contribution in [1.82, 2.24) is 16.0 Å². The average Bonchev–Trinajstić information content (AvgIpc) is 3.27. The lowest BCUT2D eigenvalue weighted by Crippen LogP contribution is -2.47. The molecule has 2 bridgehead atoms. The van der Waals surface area contributed by atoms with Crippen molar-refractivity contribution in [2.24, 2.45) is 4.99 Å². The third kappa shape index (κ3) is 6.07. The fourth-order valence-electron chi connectivity index (χ4n) is 3.61. The smallest absolute Gasteiger partial charge is 0.251 e. The maximum Gasteiger partial charge on any atom is 0.251 e. The van der Waals surface area contributed by atoms with E-state index in [1.165, 1.54) is 6.42 Å². The van der Waals surface area contributed by atoms with Crippen LogP contribution in [0, 0.1) is 0 Å². The van der Waals surface area contributed by atoms with E-state index in [9.17, 15) is 4.79 Å². The molecule has 27 heavy (non-hydrogen) atoms. The molecule has 7 heteroatoms. The van der Waals surface area contributed by atoms with Crippen LogP contribution < -0.4 is 16.0 Å². The Bertz CT molecular complexity index is 653. The van der Waals surface area contributed by atoms with E-state index in [1.807, 2.05) is 31.2 Å². The van der Waals surface area contributed by atoms with Crippen molar-refractivity contribution >= 4 is 35.8 Å². The largest absolute Gasteiger partial charge is 0.373 e. The molecule has 2 saturated heterocycles. The topological polar surface area (TPSA) is 74.8 Å². The molecule has 2 heterocycles. The molecule has 0 aromatic heterocycles. The van der Waals surface area contributed by atoms with E-state index in [1.54, 1.807) is 0 Å². The standard InChI is InChI=1S/C20H30N4O2.HI/c1-3-10-22-19(25)15-7-5-6-14(11-15)13-23-20(21-4-2)24-17-12-16-8-9-18(17)26-16;/h5-7,11,16-18H,3-4,8-10,12-13H2,1-2H3,(H,22,25)(H2,21,23,24);1H. The highest BCUT2D eigenvalue weighted by molar-refractivity contribution is 14.0. The summed E-state index contributed by atoms with van der Waals surface area (Å²) in [7, 11) is 0. The van der Waals surface area contributed by atoms with Crippen LogP contribution in [0.15, 0.2) is 29.3 Å². The Morgan fingerprint density at radius 1 is 1.26 bits per heavy atom. The molecule has 3 N–H and O–H groups in total. The van der Waals surface area contributed by atoms with Crippen LogP contribution >= 0.6 is 24.0 Å². The number of carbonyl (C=O) groups is 1. The zero-order valence-electron chi connectivity index (χ0n) is 16.2. The molecule has 1 amide bonds. The van der Waals surface area contributed by atoms with Gasteiger partial charge in [0.15, 0.2) is 5.96 Å². The molecule has 1 aromatic carbocycles. The van der Waals surface area contributed by atoms with Gasteiger partial charge in [-0.15, -0.1) is 24.0 Å². The molecule has 2 aliphatic heterocycles. The van der Waals surface area contributed by atoms with Crippen LogP contribution in [0.4, 0.5) is 0 Å². The monoisotopic (exact) mass is 486 g/mol. The highest BCUT2D eigenvalue weighted by atomic mass is 127. The van der Waals surface area contributed by atoms with Crippen LogP contribution in [0.25, 0.3) is 0 Å². The molecule has 6 nitrogen and oxygen atoms in total. The average molecular weight is 486 g/mol. The number of hydrogen-bond acceptors (Lipinski definition) is 3. The van der Waals surface area contributed by atoms with Gasteiger partial charge in [-0.1, -0.05) is 19.1 Å². The van der Waals surface area contributed by atoms with Crippen molar-refractivity contribution in [3.63, 3.8) is 0 Å². The van der Waals surface area contributed by atoms with Crippen LogP contribution in [-0.4, -0.2) is 43.2 Å². The van der Waals surface area contributed by atoms with Gasteiger partial charge in [0.05, 0.1) is 24.8 Å². The summed E-state index contributed by atoms with van der Waals surface area (Å²) in [5.74, 6) is 0.788. The zero-order valence-corrected chi connectivity index (χ0v) is 18.5. The van der Waals surface area contributed by atoms with Crippen molar-refractivity contribution in [3.8, 4) is 0 Å². The molecule has 2 aliphatic rings. The molecule has 3 atom stereocenters. The highest BCUT2D eigenvalue weighted by Gasteiger charge is 2.41. The number of nitrogens with zero attached hydrogens (tertiary/aromatic N) is 1. The Balaban J connectivity index is 0.00000261. The number of aliphatic imine (C=N–C) groups is 1. The van der Waals surface area contributed by atoms with Crippen molar-refractivity contribution in [3.05, 3.63) is 35.4 Å². The van der Waals surface area contributed by atoms with Gasteiger partial charge in [-0.3, -0.25) is 4.79 Å². The first kappa shape index (κ1) is 21.9. The first-order chi connectivity index (χ1) is 12.7. The number of amides is 1. The molecule has 0 saturated carbocycles. The molecule has 1 aromatic rings. The fourth-order valence-corrected chi connectivity index (χ4v) is 3.61. The van der Waals surface area contributed by atoms with Gasteiger partial charge >= 0.3 is 0 Å². The van der Waals surface area contributed by atoms with E-state index in [4.69, 9.17) is 9.73 Å². The number of guanidine groups is 1. The lowest BCUT2D eigenvalue weighted by atomic mass is 9.96. The second-order valence-corrected chi connectivity index (χ2v) is 7.01. The molecule has 0 aliphatic carbocycles. The van der Waals surface area contributed by atoms with Gasteiger partial charge in [-0.05, 0) is 50.3 Å². The number of halogens is 1. The first-order valence-electron chi connectivity index (χ1n) is 9.77. The Kier molecular flexibility index (Phi) is 8.82. The Morgan fingerprint density at radius 3 is 2.78 bits per heavy atom.